The Bertz CT molecular complexity index is 774. The molecule has 2 aromatic rings. The number of hydrogen-bond donors (Lipinski definition) is 1. The number of halogens is 3. The molecule has 0 aliphatic rings. The molecule has 1 heterocycles. The standard InChI is InChI=1S/C19H19F3N2O3/c1-3-13-4-6-14(7-5-13)17(12(2)24-18(26)19(20,21)22)27-16-9-8-15(11-25)23-10-16/h4-12,17H,3H2,1-2H3,(H,24,26)/t12?,17-/m0/s1. The number of alkyl halides is 3. The first-order valence-electron chi connectivity index (χ1n) is 8.29. The summed E-state index contributed by atoms with van der Waals surface area (Å²) in [6.45, 7) is 3.41. The smallest absolute Gasteiger partial charge is 0.471 e. The lowest BCUT2D eigenvalue weighted by molar-refractivity contribution is -0.174. The van der Waals surface area contributed by atoms with Crippen LogP contribution < -0.4 is 10.1 Å². The predicted octanol–water partition coefficient (Wildman–Crippen LogP) is 3.64. The number of carbonyl (C=O) groups excluding carboxylic acids is 2. The molecule has 1 aromatic heterocycles. The van der Waals surface area contributed by atoms with Crippen molar-refractivity contribution in [2.45, 2.75) is 38.6 Å². The number of pyridine rings is 1. The van der Waals surface area contributed by atoms with Crippen molar-refractivity contribution in [2.24, 2.45) is 0 Å². The SMILES string of the molecule is CCc1ccc([C@@H](Oc2ccc(C=O)nc2)C(C)NC(=O)C(F)(F)F)cc1. The summed E-state index contributed by atoms with van der Waals surface area (Å²) in [5.41, 5.74) is 1.85. The van der Waals surface area contributed by atoms with Crippen LogP contribution in [0.1, 0.15) is 41.6 Å². The van der Waals surface area contributed by atoms with Crippen molar-refractivity contribution in [1.29, 1.82) is 0 Å². The molecule has 27 heavy (non-hydrogen) atoms. The number of rotatable bonds is 7. The number of ether oxygens (including phenoxy) is 1. The molecular formula is C19H19F3N2O3. The van der Waals surface area contributed by atoms with Gasteiger partial charge in [0.2, 0.25) is 0 Å². The van der Waals surface area contributed by atoms with Gasteiger partial charge < -0.3 is 10.1 Å². The molecule has 0 radical (unpaired) electrons. The maximum atomic E-state index is 12.6. The Balaban J connectivity index is 2.28. The maximum Gasteiger partial charge on any atom is 0.471 e. The van der Waals surface area contributed by atoms with Crippen LogP contribution in [0.25, 0.3) is 0 Å². The maximum absolute atomic E-state index is 12.6. The van der Waals surface area contributed by atoms with Gasteiger partial charge >= 0.3 is 12.1 Å². The lowest BCUT2D eigenvalue weighted by atomic mass is 10.0. The molecule has 0 aliphatic carbocycles. The Morgan fingerprint density at radius 1 is 1.22 bits per heavy atom. The van der Waals surface area contributed by atoms with E-state index in [-0.39, 0.29) is 11.4 Å². The molecule has 0 saturated heterocycles. The van der Waals surface area contributed by atoms with E-state index in [4.69, 9.17) is 4.74 Å². The number of amides is 1. The zero-order chi connectivity index (χ0) is 20.0. The second-order valence-corrected chi connectivity index (χ2v) is 5.93. The minimum absolute atomic E-state index is 0.199. The fraction of sp³-hybridized carbons (Fsp3) is 0.316. The lowest BCUT2D eigenvalue weighted by Gasteiger charge is -2.27. The second-order valence-electron chi connectivity index (χ2n) is 5.93. The van der Waals surface area contributed by atoms with E-state index in [0.29, 0.717) is 11.8 Å². The molecule has 0 fully saturated rings. The van der Waals surface area contributed by atoms with Crippen LogP contribution in [-0.4, -0.2) is 29.4 Å². The van der Waals surface area contributed by atoms with Gasteiger partial charge in [0, 0.05) is 0 Å². The van der Waals surface area contributed by atoms with Gasteiger partial charge in [0.05, 0.1) is 12.2 Å². The van der Waals surface area contributed by atoms with Crippen molar-refractivity contribution in [3.8, 4) is 5.75 Å². The van der Waals surface area contributed by atoms with Crippen LogP contribution in [0.2, 0.25) is 0 Å². The number of nitrogens with one attached hydrogen (secondary N) is 1. The van der Waals surface area contributed by atoms with E-state index in [1.807, 2.05) is 24.4 Å². The summed E-state index contributed by atoms with van der Waals surface area (Å²) in [6.07, 6.45) is -3.20. The summed E-state index contributed by atoms with van der Waals surface area (Å²) in [5, 5.41) is 1.92. The molecule has 1 amide bonds. The summed E-state index contributed by atoms with van der Waals surface area (Å²) >= 11 is 0. The van der Waals surface area contributed by atoms with Gasteiger partial charge in [0.25, 0.3) is 0 Å². The zero-order valence-corrected chi connectivity index (χ0v) is 14.8. The number of benzene rings is 1. The molecule has 8 heteroatoms. The van der Waals surface area contributed by atoms with Crippen molar-refractivity contribution in [3.63, 3.8) is 0 Å². The summed E-state index contributed by atoms with van der Waals surface area (Å²) in [7, 11) is 0. The number of carbonyl (C=O) groups is 2. The number of aryl methyl sites for hydroxylation is 1. The molecule has 144 valence electrons. The summed E-state index contributed by atoms with van der Waals surface area (Å²) in [6, 6.07) is 9.12. The van der Waals surface area contributed by atoms with Crippen molar-refractivity contribution >= 4 is 12.2 Å². The number of nitrogens with zero attached hydrogens (tertiary/aromatic N) is 1. The van der Waals surface area contributed by atoms with Crippen LogP contribution in [0.15, 0.2) is 42.6 Å². The molecule has 5 nitrogen and oxygen atoms in total. The van der Waals surface area contributed by atoms with Crippen molar-refractivity contribution in [1.82, 2.24) is 10.3 Å². The topological polar surface area (TPSA) is 68.3 Å². The highest BCUT2D eigenvalue weighted by molar-refractivity contribution is 5.82. The zero-order valence-electron chi connectivity index (χ0n) is 14.8. The first kappa shape index (κ1) is 20.4. The largest absolute Gasteiger partial charge is 0.482 e. The highest BCUT2D eigenvalue weighted by atomic mass is 19.4. The van der Waals surface area contributed by atoms with Crippen molar-refractivity contribution in [2.75, 3.05) is 0 Å². The van der Waals surface area contributed by atoms with E-state index in [9.17, 15) is 22.8 Å². The summed E-state index contributed by atoms with van der Waals surface area (Å²) in [4.78, 5) is 25.9. The average molecular weight is 380 g/mol. The van der Waals surface area contributed by atoms with Gasteiger partial charge in [-0.2, -0.15) is 13.2 Å². The number of aldehydes is 1. The molecule has 1 N–H and O–H groups in total. The quantitative estimate of drug-likeness (QED) is 0.745. The van der Waals surface area contributed by atoms with Gasteiger partial charge in [-0.15, -0.1) is 0 Å². The van der Waals surface area contributed by atoms with Gasteiger partial charge in [-0.3, -0.25) is 9.59 Å². The third-order valence-electron chi connectivity index (χ3n) is 3.93. The van der Waals surface area contributed by atoms with Gasteiger partial charge in [-0.1, -0.05) is 31.2 Å². The third-order valence-corrected chi connectivity index (χ3v) is 3.93. The minimum Gasteiger partial charge on any atom is -0.482 e. The Morgan fingerprint density at radius 2 is 1.89 bits per heavy atom. The third kappa shape index (κ3) is 5.54. The van der Waals surface area contributed by atoms with E-state index in [1.165, 1.54) is 25.3 Å². The van der Waals surface area contributed by atoms with Gasteiger partial charge in [0.1, 0.15) is 17.5 Å². The molecule has 0 spiro atoms. The molecule has 2 atom stereocenters. The van der Waals surface area contributed by atoms with E-state index in [2.05, 4.69) is 4.98 Å². The molecule has 1 aromatic carbocycles. The van der Waals surface area contributed by atoms with Gasteiger partial charge in [-0.05, 0) is 36.6 Å². The minimum atomic E-state index is -4.99. The Labute approximate surface area is 154 Å². The normalized spacial score (nSPS) is 13.5. The Morgan fingerprint density at radius 3 is 2.37 bits per heavy atom. The second kappa shape index (κ2) is 8.66. The fourth-order valence-electron chi connectivity index (χ4n) is 2.44. The van der Waals surface area contributed by atoms with Crippen LogP contribution >= 0.6 is 0 Å². The summed E-state index contributed by atoms with van der Waals surface area (Å²) in [5.74, 6) is -1.78. The molecule has 1 unspecified atom stereocenters. The van der Waals surface area contributed by atoms with Gasteiger partial charge in [0.15, 0.2) is 6.29 Å². The number of aromatic nitrogens is 1. The van der Waals surface area contributed by atoms with E-state index in [1.54, 1.807) is 12.1 Å². The van der Waals surface area contributed by atoms with Gasteiger partial charge in [-0.25, -0.2) is 4.98 Å². The highest BCUT2D eigenvalue weighted by Gasteiger charge is 2.40. The van der Waals surface area contributed by atoms with Crippen molar-refractivity contribution < 1.29 is 27.5 Å². The molecular weight excluding hydrogens is 361 g/mol. The Kier molecular flexibility index (Phi) is 6.55. The molecule has 0 aliphatic heterocycles. The first-order valence-corrected chi connectivity index (χ1v) is 8.29. The van der Waals surface area contributed by atoms with Crippen LogP contribution in [0, 0.1) is 0 Å². The highest BCUT2D eigenvalue weighted by Crippen LogP contribution is 2.26. The summed E-state index contributed by atoms with van der Waals surface area (Å²) < 4.78 is 43.6. The number of hydrogen-bond acceptors (Lipinski definition) is 4. The van der Waals surface area contributed by atoms with Crippen LogP contribution in [0.5, 0.6) is 5.75 Å². The predicted molar refractivity (Wildman–Crippen MR) is 92.5 cm³/mol. The van der Waals surface area contributed by atoms with E-state index in [0.717, 1.165) is 12.0 Å². The lowest BCUT2D eigenvalue weighted by Crippen LogP contribution is -2.45. The fourth-order valence-corrected chi connectivity index (χ4v) is 2.44. The van der Waals surface area contributed by atoms with Crippen LogP contribution in [-0.2, 0) is 11.2 Å². The molecule has 0 saturated carbocycles. The van der Waals surface area contributed by atoms with Crippen LogP contribution in [0.3, 0.4) is 0 Å². The molecule has 0 bridgehead atoms. The monoisotopic (exact) mass is 380 g/mol. The first-order chi connectivity index (χ1) is 12.7. The Hall–Kier alpha value is -2.90. The van der Waals surface area contributed by atoms with Crippen molar-refractivity contribution in [3.05, 3.63) is 59.4 Å². The average Bonchev–Trinajstić information content (AvgIpc) is 2.65. The van der Waals surface area contributed by atoms with E-state index >= 15 is 0 Å². The molecule has 2 rings (SSSR count). The van der Waals surface area contributed by atoms with E-state index < -0.39 is 24.2 Å². The van der Waals surface area contributed by atoms with Crippen LogP contribution in [0.4, 0.5) is 13.2 Å².